The SMILES string of the molecule is CCOc1cccc2ncc(CCl)cc12. The lowest BCUT2D eigenvalue weighted by Gasteiger charge is -2.07. The molecule has 0 spiro atoms. The van der Waals surface area contributed by atoms with E-state index in [-0.39, 0.29) is 0 Å². The van der Waals surface area contributed by atoms with E-state index in [0.717, 1.165) is 22.2 Å². The second kappa shape index (κ2) is 4.49. The van der Waals surface area contributed by atoms with E-state index in [0.29, 0.717) is 12.5 Å². The maximum Gasteiger partial charge on any atom is 0.128 e. The van der Waals surface area contributed by atoms with Crippen LogP contribution in [0.3, 0.4) is 0 Å². The van der Waals surface area contributed by atoms with Crippen LogP contribution in [0, 0.1) is 0 Å². The van der Waals surface area contributed by atoms with E-state index in [9.17, 15) is 0 Å². The Morgan fingerprint density at radius 3 is 3.00 bits per heavy atom. The van der Waals surface area contributed by atoms with Crippen molar-refractivity contribution in [1.82, 2.24) is 4.98 Å². The fourth-order valence-corrected chi connectivity index (χ4v) is 1.67. The summed E-state index contributed by atoms with van der Waals surface area (Å²) >= 11 is 5.78. The maximum atomic E-state index is 5.78. The van der Waals surface area contributed by atoms with Crippen molar-refractivity contribution >= 4 is 22.5 Å². The molecule has 0 radical (unpaired) electrons. The molecule has 78 valence electrons. The van der Waals surface area contributed by atoms with E-state index in [1.807, 2.05) is 31.2 Å². The van der Waals surface area contributed by atoms with Crippen LogP contribution in [0.25, 0.3) is 10.9 Å². The second-order valence-electron chi connectivity index (χ2n) is 3.23. The van der Waals surface area contributed by atoms with E-state index in [1.54, 1.807) is 6.20 Å². The minimum atomic E-state index is 0.476. The molecule has 2 nitrogen and oxygen atoms in total. The first-order valence-electron chi connectivity index (χ1n) is 4.91. The standard InChI is InChI=1S/C12H12ClNO/c1-2-15-12-5-3-4-11-10(12)6-9(7-13)8-14-11/h3-6,8H,2,7H2,1H3. The number of halogens is 1. The Labute approximate surface area is 93.8 Å². The Kier molecular flexibility index (Phi) is 3.07. The van der Waals surface area contributed by atoms with Gasteiger partial charge in [0.05, 0.1) is 12.1 Å². The number of hydrogen-bond acceptors (Lipinski definition) is 2. The lowest BCUT2D eigenvalue weighted by Crippen LogP contribution is -1.93. The molecular formula is C12H12ClNO. The fourth-order valence-electron chi connectivity index (χ4n) is 1.52. The van der Waals surface area contributed by atoms with Gasteiger partial charge in [-0.05, 0) is 30.7 Å². The first-order chi connectivity index (χ1) is 7.35. The molecule has 1 aromatic heterocycles. The number of ether oxygens (including phenoxy) is 1. The van der Waals surface area contributed by atoms with Crippen molar-refractivity contribution in [3.8, 4) is 5.75 Å². The lowest BCUT2D eigenvalue weighted by atomic mass is 10.1. The topological polar surface area (TPSA) is 22.1 Å². The minimum Gasteiger partial charge on any atom is -0.493 e. The molecule has 0 aliphatic heterocycles. The summed E-state index contributed by atoms with van der Waals surface area (Å²) < 4.78 is 5.54. The van der Waals surface area contributed by atoms with Crippen molar-refractivity contribution in [2.75, 3.05) is 6.61 Å². The molecule has 0 saturated carbocycles. The summed E-state index contributed by atoms with van der Waals surface area (Å²) in [6.45, 7) is 2.63. The van der Waals surface area contributed by atoms with Crippen LogP contribution in [0.15, 0.2) is 30.5 Å². The highest BCUT2D eigenvalue weighted by Gasteiger charge is 2.03. The van der Waals surface area contributed by atoms with Gasteiger partial charge in [0.2, 0.25) is 0 Å². The number of pyridine rings is 1. The minimum absolute atomic E-state index is 0.476. The van der Waals surface area contributed by atoms with Gasteiger partial charge < -0.3 is 4.74 Å². The molecule has 0 saturated heterocycles. The van der Waals surface area contributed by atoms with Gasteiger partial charge in [-0.1, -0.05) is 6.07 Å². The Balaban J connectivity index is 2.59. The van der Waals surface area contributed by atoms with Gasteiger partial charge >= 0.3 is 0 Å². The van der Waals surface area contributed by atoms with Gasteiger partial charge in [0.1, 0.15) is 5.75 Å². The summed E-state index contributed by atoms with van der Waals surface area (Å²) in [6, 6.07) is 7.89. The number of hydrogen-bond donors (Lipinski definition) is 0. The van der Waals surface area contributed by atoms with E-state index in [4.69, 9.17) is 16.3 Å². The Bertz CT molecular complexity index is 470. The Morgan fingerprint density at radius 2 is 2.27 bits per heavy atom. The molecule has 2 rings (SSSR count). The molecule has 1 aromatic carbocycles. The summed E-state index contributed by atoms with van der Waals surface area (Å²) in [4.78, 5) is 4.33. The molecule has 0 bridgehead atoms. The quantitative estimate of drug-likeness (QED) is 0.742. The normalized spacial score (nSPS) is 10.5. The van der Waals surface area contributed by atoms with E-state index < -0.39 is 0 Å². The van der Waals surface area contributed by atoms with Crippen LogP contribution in [0.4, 0.5) is 0 Å². The number of nitrogens with zero attached hydrogens (tertiary/aromatic N) is 1. The predicted molar refractivity (Wildman–Crippen MR) is 62.5 cm³/mol. The van der Waals surface area contributed by atoms with Crippen molar-refractivity contribution in [1.29, 1.82) is 0 Å². The average Bonchev–Trinajstić information content (AvgIpc) is 2.29. The van der Waals surface area contributed by atoms with Crippen molar-refractivity contribution in [3.63, 3.8) is 0 Å². The molecule has 1 heterocycles. The largest absolute Gasteiger partial charge is 0.493 e. The predicted octanol–water partition coefficient (Wildman–Crippen LogP) is 3.37. The highest BCUT2D eigenvalue weighted by Crippen LogP contribution is 2.25. The van der Waals surface area contributed by atoms with Crippen molar-refractivity contribution in [2.24, 2.45) is 0 Å². The number of fused-ring (bicyclic) bond motifs is 1. The van der Waals surface area contributed by atoms with Gasteiger partial charge in [-0.25, -0.2) is 0 Å². The van der Waals surface area contributed by atoms with Crippen LogP contribution in [0.1, 0.15) is 12.5 Å². The highest BCUT2D eigenvalue weighted by atomic mass is 35.5. The lowest BCUT2D eigenvalue weighted by molar-refractivity contribution is 0.344. The number of rotatable bonds is 3. The summed E-state index contributed by atoms with van der Waals surface area (Å²) in [5.41, 5.74) is 1.95. The average molecular weight is 222 g/mol. The van der Waals surface area contributed by atoms with Gasteiger partial charge in [0.15, 0.2) is 0 Å². The van der Waals surface area contributed by atoms with Crippen LogP contribution in [0.2, 0.25) is 0 Å². The molecule has 0 aliphatic rings. The second-order valence-corrected chi connectivity index (χ2v) is 3.50. The van der Waals surface area contributed by atoms with Gasteiger partial charge in [0.25, 0.3) is 0 Å². The number of alkyl halides is 1. The molecular weight excluding hydrogens is 210 g/mol. The molecule has 3 heteroatoms. The van der Waals surface area contributed by atoms with Crippen LogP contribution >= 0.6 is 11.6 Å². The zero-order valence-corrected chi connectivity index (χ0v) is 9.29. The Morgan fingerprint density at radius 1 is 1.40 bits per heavy atom. The molecule has 0 amide bonds. The van der Waals surface area contributed by atoms with Crippen molar-refractivity contribution in [2.45, 2.75) is 12.8 Å². The maximum absolute atomic E-state index is 5.78. The molecule has 0 aliphatic carbocycles. The third kappa shape index (κ3) is 2.05. The van der Waals surface area contributed by atoms with Crippen LogP contribution in [-0.4, -0.2) is 11.6 Å². The van der Waals surface area contributed by atoms with E-state index in [2.05, 4.69) is 4.98 Å². The Hall–Kier alpha value is -1.28. The molecule has 0 N–H and O–H groups in total. The van der Waals surface area contributed by atoms with Crippen molar-refractivity contribution in [3.05, 3.63) is 36.0 Å². The number of aromatic nitrogens is 1. The van der Waals surface area contributed by atoms with E-state index >= 15 is 0 Å². The van der Waals surface area contributed by atoms with Crippen LogP contribution < -0.4 is 4.74 Å². The summed E-state index contributed by atoms with van der Waals surface area (Å²) in [5, 5.41) is 1.03. The van der Waals surface area contributed by atoms with Gasteiger partial charge in [-0.3, -0.25) is 4.98 Å². The van der Waals surface area contributed by atoms with Gasteiger partial charge in [-0.2, -0.15) is 0 Å². The molecule has 0 fully saturated rings. The smallest absolute Gasteiger partial charge is 0.128 e. The van der Waals surface area contributed by atoms with Gasteiger partial charge in [-0.15, -0.1) is 11.6 Å². The van der Waals surface area contributed by atoms with Crippen LogP contribution in [0.5, 0.6) is 5.75 Å². The summed E-state index contributed by atoms with van der Waals surface area (Å²) in [5.74, 6) is 1.35. The molecule has 0 unspecified atom stereocenters. The zero-order valence-electron chi connectivity index (χ0n) is 8.53. The first-order valence-corrected chi connectivity index (χ1v) is 5.45. The zero-order chi connectivity index (χ0) is 10.7. The third-order valence-corrected chi connectivity index (χ3v) is 2.51. The molecule has 2 aromatic rings. The van der Waals surface area contributed by atoms with Gasteiger partial charge in [0, 0.05) is 17.5 Å². The fraction of sp³-hybridized carbons (Fsp3) is 0.250. The molecule has 15 heavy (non-hydrogen) atoms. The van der Waals surface area contributed by atoms with Crippen LogP contribution in [-0.2, 0) is 5.88 Å². The monoisotopic (exact) mass is 221 g/mol. The summed E-state index contributed by atoms with van der Waals surface area (Å²) in [7, 11) is 0. The highest BCUT2D eigenvalue weighted by molar-refractivity contribution is 6.17. The molecule has 0 atom stereocenters. The summed E-state index contributed by atoms with van der Waals surface area (Å²) in [6.07, 6.45) is 1.80. The third-order valence-electron chi connectivity index (χ3n) is 2.20. The first kappa shape index (κ1) is 10.2. The van der Waals surface area contributed by atoms with E-state index in [1.165, 1.54) is 0 Å². The number of benzene rings is 1. The van der Waals surface area contributed by atoms with Crippen molar-refractivity contribution < 1.29 is 4.74 Å².